The van der Waals surface area contributed by atoms with Gasteiger partial charge in [0.1, 0.15) is 18.0 Å². The van der Waals surface area contributed by atoms with Crippen LogP contribution in [0, 0.1) is 13.8 Å². The third-order valence-electron chi connectivity index (χ3n) is 1.64. The van der Waals surface area contributed by atoms with Crippen LogP contribution < -0.4 is 5.32 Å². The van der Waals surface area contributed by atoms with Crippen LogP contribution in [0.4, 0.5) is 4.39 Å². The molecule has 0 saturated carbocycles. The van der Waals surface area contributed by atoms with E-state index < -0.39 is 6.67 Å². The highest BCUT2D eigenvalue weighted by Crippen LogP contribution is 2.11. The van der Waals surface area contributed by atoms with E-state index in [0.29, 0.717) is 17.0 Å². The molecule has 1 N–H and O–H groups in total. The van der Waals surface area contributed by atoms with Gasteiger partial charge in [0.05, 0.1) is 5.69 Å². The Labute approximate surface area is 75.1 Å². The minimum absolute atomic E-state index is 0.0168. The van der Waals surface area contributed by atoms with Crippen LogP contribution in [0.5, 0.6) is 0 Å². The highest BCUT2D eigenvalue weighted by Gasteiger charge is 2.16. The second kappa shape index (κ2) is 4.02. The first kappa shape index (κ1) is 9.70. The van der Waals surface area contributed by atoms with Gasteiger partial charge in [-0.15, -0.1) is 0 Å². The molecule has 13 heavy (non-hydrogen) atoms. The summed E-state index contributed by atoms with van der Waals surface area (Å²) < 4.78 is 16.5. The Morgan fingerprint density at radius 2 is 2.31 bits per heavy atom. The average Bonchev–Trinajstić information content (AvgIpc) is 2.42. The summed E-state index contributed by atoms with van der Waals surface area (Å²) in [6, 6.07) is 0. The summed E-state index contributed by atoms with van der Waals surface area (Å²) in [5, 5.41) is 6.02. The van der Waals surface area contributed by atoms with Crippen molar-refractivity contribution in [2.45, 2.75) is 13.8 Å². The van der Waals surface area contributed by atoms with Gasteiger partial charge >= 0.3 is 0 Å². The molecule has 0 saturated heterocycles. The summed E-state index contributed by atoms with van der Waals surface area (Å²) >= 11 is 0. The molecule has 1 heterocycles. The quantitative estimate of drug-likeness (QED) is 0.765. The van der Waals surface area contributed by atoms with Gasteiger partial charge in [0.25, 0.3) is 5.91 Å². The number of halogens is 1. The van der Waals surface area contributed by atoms with Gasteiger partial charge in [-0.05, 0) is 13.8 Å². The van der Waals surface area contributed by atoms with Gasteiger partial charge < -0.3 is 9.84 Å². The summed E-state index contributed by atoms with van der Waals surface area (Å²) in [4.78, 5) is 11.3. The normalized spacial score (nSPS) is 10.1. The van der Waals surface area contributed by atoms with E-state index in [2.05, 4.69) is 10.5 Å². The molecule has 1 amide bonds. The largest absolute Gasteiger partial charge is 0.361 e. The summed E-state index contributed by atoms with van der Waals surface area (Å²) in [6.07, 6.45) is 0. The minimum atomic E-state index is -0.574. The van der Waals surface area contributed by atoms with Crippen molar-refractivity contribution in [1.29, 1.82) is 0 Å². The molecular formula is C8H11FN2O2. The molecule has 0 bridgehead atoms. The Morgan fingerprint density at radius 3 is 2.77 bits per heavy atom. The smallest absolute Gasteiger partial charge is 0.256 e. The zero-order chi connectivity index (χ0) is 9.84. The van der Waals surface area contributed by atoms with Gasteiger partial charge in [-0.3, -0.25) is 4.79 Å². The molecule has 0 aliphatic rings. The number of carbonyl (C=O) groups is 1. The van der Waals surface area contributed by atoms with Crippen molar-refractivity contribution in [3.63, 3.8) is 0 Å². The van der Waals surface area contributed by atoms with Crippen LogP contribution in [0.2, 0.25) is 0 Å². The lowest BCUT2D eigenvalue weighted by molar-refractivity contribution is 0.0949. The van der Waals surface area contributed by atoms with E-state index in [1.165, 1.54) is 0 Å². The average molecular weight is 186 g/mol. The van der Waals surface area contributed by atoms with Gasteiger partial charge in [0.2, 0.25) is 0 Å². The summed E-state index contributed by atoms with van der Waals surface area (Å²) in [5.41, 5.74) is 0.919. The predicted octanol–water partition coefficient (Wildman–Crippen LogP) is 0.991. The number of nitrogens with one attached hydrogen (secondary N) is 1. The van der Waals surface area contributed by atoms with E-state index in [1.807, 2.05) is 0 Å². The Morgan fingerprint density at radius 1 is 1.62 bits per heavy atom. The molecule has 0 aliphatic carbocycles. The maximum absolute atomic E-state index is 11.7. The number of amides is 1. The third-order valence-corrected chi connectivity index (χ3v) is 1.64. The molecule has 0 aliphatic heterocycles. The zero-order valence-electron chi connectivity index (χ0n) is 7.56. The highest BCUT2D eigenvalue weighted by atomic mass is 19.1. The topological polar surface area (TPSA) is 55.1 Å². The number of aryl methyl sites for hydroxylation is 2. The predicted molar refractivity (Wildman–Crippen MR) is 44.3 cm³/mol. The Balaban J connectivity index is 2.76. The molecule has 5 heteroatoms. The molecule has 72 valence electrons. The highest BCUT2D eigenvalue weighted by molar-refractivity contribution is 5.96. The molecule has 1 aromatic heterocycles. The number of carbonyl (C=O) groups excluding carboxylic acids is 1. The number of aromatic nitrogens is 1. The maximum atomic E-state index is 11.7. The Hall–Kier alpha value is -1.39. The van der Waals surface area contributed by atoms with Crippen molar-refractivity contribution in [3.8, 4) is 0 Å². The molecule has 0 unspecified atom stereocenters. The Kier molecular flexibility index (Phi) is 3.00. The minimum Gasteiger partial charge on any atom is -0.361 e. The first-order chi connectivity index (χ1) is 6.16. The van der Waals surface area contributed by atoms with E-state index in [1.54, 1.807) is 13.8 Å². The Bertz CT molecular complexity index is 290. The van der Waals surface area contributed by atoms with Crippen LogP contribution in [0.25, 0.3) is 0 Å². The van der Waals surface area contributed by atoms with Crippen molar-refractivity contribution in [1.82, 2.24) is 10.5 Å². The van der Waals surface area contributed by atoms with Crippen molar-refractivity contribution < 1.29 is 13.7 Å². The van der Waals surface area contributed by atoms with E-state index in [0.717, 1.165) is 0 Å². The van der Waals surface area contributed by atoms with Crippen LogP contribution in [0.1, 0.15) is 21.8 Å². The van der Waals surface area contributed by atoms with Gasteiger partial charge in [0.15, 0.2) is 0 Å². The SMILES string of the molecule is Cc1noc(C)c1C(=O)NCCF. The van der Waals surface area contributed by atoms with E-state index >= 15 is 0 Å². The van der Waals surface area contributed by atoms with Crippen molar-refractivity contribution in [3.05, 3.63) is 17.0 Å². The monoisotopic (exact) mass is 186 g/mol. The van der Waals surface area contributed by atoms with E-state index in [-0.39, 0.29) is 12.5 Å². The first-order valence-corrected chi connectivity index (χ1v) is 3.94. The molecule has 1 rings (SSSR count). The van der Waals surface area contributed by atoms with E-state index in [4.69, 9.17) is 4.52 Å². The van der Waals surface area contributed by atoms with Crippen LogP contribution in [0.3, 0.4) is 0 Å². The van der Waals surface area contributed by atoms with Gasteiger partial charge in [-0.2, -0.15) is 0 Å². The van der Waals surface area contributed by atoms with Crippen LogP contribution in [-0.2, 0) is 0 Å². The van der Waals surface area contributed by atoms with Crippen LogP contribution >= 0.6 is 0 Å². The van der Waals surface area contributed by atoms with Gasteiger partial charge in [-0.1, -0.05) is 5.16 Å². The van der Waals surface area contributed by atoms with Crippen LogP contribution in [0.15, 0.2) is 4.52 Å². The van der Waals surface area contributed by atoms with Crippen LogP contribution in [-0.4, -0.2) is 24.3 Å². The summed E-state index contributed by atoms with van der Waals surface area (Å²) in [6.45, 7) is 2.75. The molecule has 0 atom stereocenters. The lowest BCUT2D eigenvalue weighted by Gasteiger charge is -2.00. The van der Waals surface area contributed by atoms with Crippen molar-refractivity contribution in [2.24, 2.45) is 0 Å². The summed E-state index contributed by atoms with van der Waals surface area (Å²) in [5.74, 6) is 0.114. The lowest BCUT2D eigenvalue weighted by Crippen LogP contribution is -2.26. The standard InChI is InChI=1S/C8H11FN2O2/c1-5-7(6(2)13-11-5)8(12)10-4-3-9/h3-4H2,1-2H3,(H,10,12). The number of rotatable bonds is 3. The molecule has 1 aromatic rings. The van der Waals surface area contributed by atoms with Gasteiger partial charge in [-0.25, -0.2) is 4.39 Å². The molecule has 0 fully saturated rings. The second-order valence-corrected chi connectivity index (χ2v) is 2.64. The summed E-state index contributed by atoms with van der Waals surface area (Å²) in [7, 11) is 0. The maximum Gasteiger partial charge on any atom is 0.256 e. The molecular weight excluding hydrogens is 175 g/mol. The number of hydrogen-bond donors (Lipinski definition) is 1. The molecule has 0 radical (unpaired) electrons. The molecule has 4 nitrogen and oxygen atoms in total. The first-order valence-electron chi connectivity index (χ1n) is 3.94. The second-order valence-electron chi connectivity index (χ2n) is 2.64. The third kappa shape index (κ3) is 2.05. The fourth-order valence-electron chi connectivity index (χ4n) is 1.06. The van der Waals surface area contributed by atoms with Crippen molar-refractivity contribution in [2.75, 3.05) is 13.2 Å². The fourth-order valence-corrected chi connectivity index (χ4v) is 1.06. The van der Waals surface area contributed by atoms with E-state index in [9.17, 15) is 9.18 Å². The number of hydrogen-bond acceptors (Lipinski definition) is 3. The van der Waals surface area contributed by atoms with Crippen molar-refractivity contribution >= 4 is 5.91 Å². The number of nitrogens with zero attached hydrogens (tertiary/aromatic N) is 1. The fraction of sp³-hybridized carbons (Fsp3) is 0.500. The number of alkyl halides is 1. The lowest BCUT2D eigenvalue weighted by atomic mass is 10.2. The van der Waals surface area contributed by atoms with Gasteiger partial charge in [0, 0.05) is 6.54 Å². The molecule has 0 spiro atoms. The molecule has 0 aromatic carbocycles. The zero-order valence-corrected chi connectivity index (χ0v) is 7.56.